The van der Waals surface area contributed by atoms with Gasteiger partial charge < -0.3 is 9.73 Å². The Morgan fingerprint density at radius 1 is 1.03 bits per heavy atom. The summed E-state index contributed by atoms with van der Waals surface area (Å²) in [4.78, 5) is 19.2. The van der Waals surface area contributed by atoms with Gasteiger partial charge in [-0.2, -0.15) is 0 Å². The summed E-state index contributed by atoms with van der Waals surface area (Å²) in [7, 11) is 0. The molecule has 0 atom stereocenters. The number of aliphatic imine (C=N–C) groups is 1. The highest BCUT2D eigenvalue weighted by Gasteiger charge is 2.25. The highest BCUT2D eigenvalue weighted by atomic mass is 79.9. The van der Waals surface area contributed by atoms with Gasteiger partial charge in [0.05, 0.1) is 11.8 Å². The summed E-state index contributed by atoms with van der Waals surface area (Å²) < 4.78 is 7.01. The SMILES string of the molecule is O=C(NCc1ccccc1)c1c(N=Cc2ccc(-c3ccc(Br)cc3)o2)sc2c1CCCC2. The van der Waals surface area contributed by atoms with Crippen molar-refractivity contribution in [3.05, 3.63) is 98.5 Å². The Morgan fingerprint density at radius 2 is 1.82 bits per heavy atom. The molecule has 5 rings (SSSR count). The first kappa shape index (κ1) is 21.9. The number of rotatable bonds is 6. The van der Waals surface area contributed by atoms with Crippen LogP contribution in [0.2, 0.25) is 0 Å². The van der Waals surface area contributed by atoms with Crippen LogP contribution in [0.4, 0.5) is 5.00 Å². The van der Waals surface area contributed by atoms with Gasteiger partial charge in [0, 0.05) is 21.5 Å². The second-order valence-electron chi connectivity index (χ2n) is 8.03. The van der Waals surface area contributed by atoms with E-state index in [1.165, 1.54) is 10.4 Å². The Morgan fingerprint density at radius 3 is 2.64 bits per heavy atom. The molecule has 0 bridgehead atoms. The highest BCUT2D eigenvalue weighted by Crippen LogP contribution is 2.40. The number of fused-ring (bicyclic) bond motifs is 1. The Labute approximate surface area is 205 Å². The van der Waals surface area contributed by atoms with E-state index in [2.05, 4.69) is 21.2 Å². The molecule has 0 aliphatic heterocycles. The van der Waals surface area contributed by atoms with Gasteiger partial charge in [-0.1, -0.05) is 58.4 Å². The van der Waals surface area contributed by atoms with E-state index in [4.69, 9.17) is 9.41 Å². The number of carbonyl (C=O) groups excluding carboxylic acids is 1. The molecule has 0 radical (unpaired) electrons. The summed E-state index contributed by atoms with van der Waals surface area (Å²) in [5.74, 6) is 1.39. The first-order valence-corrected chi connectivity index (χ1v) is 12.6. The van der Waals surface area contributed by atoms with Gasteiger partial charge in [0.2, 0.25) is 0 Å². The molecule has 0 spiro atoms. The van der Waals surface area contributed by atoms with Crippen LogP contribution < -0.4 is 5.32 Å². The second-order valence-corrected chi connectivity index (χ2v) is 10.0. The molecule has 0 saturated heterocycles. The molecule has 1 aliphatic rings. The number of amides is 1. The topological polar surface area (TPSA) is 54.6 Å². The monoisotopic (exact) mass is 518 g/mol. The van der Waals surface area contributed by atoms with Crippen molar-refractivity contribution in [2.75, 3.05) is 0 Å². The van der Waals surface area contributed by atoms with E-state index in [0.29, 0.717) is 12.3 Å². The molecule has 2 aromatic heterocycles. The standard InChI is InChI=1S/C27H23BrN2O2S/c28-20-12-10-19(11-13-20)23-15-14-21(32-23)17-30-27-25(22-8-4-5-9-24(22)33-27)26(31)29-16-18-6-2-1-3-7-18/h1-3,6-7,10-15,17H,4-5,8-9,16H2,(H,29,31). The van der Waals surface area contributed by atoms with Crippen LogP contribution in [0.1, 0.15) is 45.0 Å². The van der Waals surface area contributed by atoms with Crippen LogP contribution in [0.3, 0.4) is 0 Å². The highest BCUT2D eigenvalue weighted by molar-refractivity contribution is 9.10. The molecule has 6 heteroatoms. The van der Waals surface area contributed by atoms with Gasteiger partial charge in [0.25, 0.3) is 5.91 Å². The van der Waals surface area contributed by atoms with Crippen LogP contribution >= 0.6 is 27.3 Å². The fourth-order valence-electron chi connectivity index (χ4n) is 4.06. The Hall–Kier alpha value is -2.96. The van der Waals surface area contributed by atoms with Crippen LogP contribution in [-0.4, -0.2) is 12.1 Å². The molecule has 1 aliphatic carbocycles. The molecular formula is C27H23BrN2O2S. The van der Waals surface area contributed by atoms with E-state index in [1.807, 2.05) is 66.7 Å². The number of hydrogen-bond donors (Lipinski definition) is 1. The number of nitrogens with one attached hydrogen (secondary N) is 1. The van der Waals surface area contributed by atoms with Crippen LogP contribution in [0.5, 0.6) is 0 Å². The first-order valence-electron chi connectivity index (χ1n) is 11.0. The number of carbonyl (C=O) groups is 1. The quantitative estimate of drug-likeness (QED) is 0.271. The summed E-state index contributed by atoms with van der Waals surface area (Å²) in [6.45, 7) is 0.502. The number of halogens is 1. The molecule has 0 saturated carbocycles. The van der Waals surface area contributed by atoms with Gasteiger partial charge in [-0.05, 0) is 61.1 Å². The number of thiophene rings is 1. The number of aryl methyl sites for hydroxylation is 1. The summed E-state index contributed by atoms with van der Waals surface area (Å²) >= 11 is 5.09. The number of furan rings is 1. The maximum atomic E-state index is 13.2. The van der Waals surface area contributed by atoms with Crippen molar-refractivity contribution >= 4 is 44.4 Å². The van der Waals surface area contributed by atoms with Crippen molar-refractivity contribution in [2.45, 2.75) is 32.2 Å². The Kier molecular flexibility index (Phi) is 6.55. The number of nitrogens with zero attached hydrogens (tertiary/aromatic N) is 1. The van der Waals surface area contributed by atoms with Crippen molar-refractivity contribution in [3.63, 3.8) is 0 Å². The van der Waals surface area contributed by atoms with Gasteiger partial charge in [-0.25, -0.2) is 4.99 Å². The van der Waals surface area contributed by atoms with Gasteiger partial charge in [0.15, 0.2) is 0 Å². The lowest BCUT2D eigenvalue weighted by Crippen LogP contribution is -2.24. The average Bonchev–Trinajstić information content (AvgIpc) is 3.47. The Balaban J connectivity index is 1.39. The number of benzene rings is 2. The normalized spacial score (nSPS) is 13.2. The maximum Gasteiger partial charge on any atom is 0.254 e. The van der Waals surface area contributed by atoms with E-state index >= 15 is 0 Å². The van der Waals surface area contributed by atoms with E-state index in [9.17, 15) is 4.79 Å². The summed E-state index contributed by atoms with van der Waals surface area (Å²) in [6, 6.07) is 21.8. The van der Waals surface area contributed by atoms with Crippen molar-refractivity contribution in [2.24, 2.45) is 4.99 Å². The zero-order valence-electron chi connectivity index (χ0n) is 18.0. The molecule has 4 aromatic rings. The lowest BCUT2D eigenvalue weighted by atomic mass is 9.95. The average molecular weight is 519 g/mol. The van der Waals surface area contributed by atoms with Gasteiger partial charge in [0.1, 0.15) is 16.5 Å². The fraction of sp³-hybridized carbons (Fsp3) is 0.185. The minimum atomic E-state index is -0.0552. The second kappa shape index (κ2) is 9.89. The summed E-state index contributed by atoms with van der Waals surface area (Å²) in [6.07, 6.45) is 5.94. The van der Waals surface area contributed by atoms with Crippen molar-refractivity contribution in [3.8, 4) is 11.3 Å². The van der Waals surface area contributed by atoms with Crippen LogP contribution in [0.15, 0.2) is 80.6 Å². The molecule has 33 heavy (non-hydrogen) atoms. The largest absolute Gasteiger partial charge is 0.455 e. The molecule has 0 fully saturated rings. The molecule has 0 unspecified atom stereocenters. The smallest absolute Gasteiger partial charge is 0.254 e. The minimum Gasteiger partial charge on any atom is -0.455 e. The van der Waals surface area contributed by atoms with E-state index < -0.39 is 0 Å². The van der Waals surface area contributed by atoms with Crippen molar-refractivity contribution in [1.29, 1.82) is 0 Å². The van der Waals surface area contributed by atoms with Crippen LogP contribution in [-0.2, 0) is 19.4 Å². The Bertz CT molecular complexity index is 1290. The molecule has 166 valence electrons. The summed E-state index contributed by atoms with van der Waals surface area (Å²) in [5.41, 5.74) is 3.97. The third-order valence-corrected chi connectivity index (χ3v) is 7.47. The fourth-order valence-corrected chi connectivity index (χ4v) is 5.55. The van der Waals surface area contributed by atoms with Gasteiger partial charge >= 0.3 is 0 Å². The van der Waals surface area contributed by atoms with Crippen LogP contribution in [0.25, 0.3) is 11.3 Å². The third-order valence-electron chi connectivity index (χ3n) is 5.74. The predicted octanol–water partition coefficient (Wildman–Crippen LogP) is 7.33. The molecule has 4 nitrogen and oxygen atoms in total. The van der Waals surface area contributed by atoms with E-state index in [1.54, 1.807) is 17.6 Å². The molecule has 2 heterocycles. The zero-order chi connectivity index (χ0) is 22.6. The van der Waals surface area contributed by atoms with Crippen LogP contribution in [0, 0.1) is 0 Å². The number of hydrogen-bond acceptors (Lipinski definition) is 4. The molecular weight excluding hydrogens is 496 g/mol. The maximum absolute atomic E-state index is 13.2. The molecule has 1 N–H and O–H groups in total. The van der Waals surface area contributed by atoms with Crippen molar-refractivity contribution < 1.29 is 9.21 Å². The first-order chi connectivity index (χ1) is 16.2. The van der Waals surface area contributed by atoms with Gasteiger partial charge in [-0.15, -0.1) is 11.3 Å². The third kappa shape index (κ3) is 5.02. The lowest BCUT2D eigenvalue weighted by Gasteiger charge is -2.12. The lowest BCUT2D eigenvalue weighted by molar-refractivity contribution is 0.0951. The summed E-state index contributed by atoms with van der Waals surface area (Å²) in [5, 5.41) is 3.85. The molecule has 2 aromatic carbocycles. The zero-order valence-corrected chi connectivity index (χ0v) is 20.4. The van der Waals surface area contributed by atoms with Gasteiger partial charge in [-0.3, -0.25) is 4.79 Å². The molecule has 1 amide bonds. The van der Waals surface area contributed by atoms with E-state index in [-0.39, 0.29) is 5.91 Å². The predicted molar refractivity (Wildman–Crippen MR) is 138 cm³/mol. The van der Waals surface area contributed by atoms with Crippen molar-refractivity contribution in [1.82, 2.24) is 5.32 Å². The van der Waals surface area contributed by atoms with E-state index in [0.717, 1.165) is 57.6 Å². The minimum absolute atomic E-state index is 0.0552.